The van der Waals surface area contributed by atoms with Gasteiger partial charge in [0.25, 0.3) is 5.91 Å². The molecule has 1 amide bonds. The number of allylic oxidation sites excluding steroid dienone is 1. The number of halogens is 4. The number of alkyl halides is 4. The highest BCUT2D eigenvalue weighted by Gasteiger charge is 2.34. The van der Waals surface area contributed by atoms with Gasteiger partial charge < -0.3 is 14.4 Å². The van der Waals surface area contributed by atoms with Gasteiger partial charge in [0.2, 0.25) is 0 Å². The maximum absolute atomic E-state index is 13.5. The Hall–Kier alpha value is -2.88. The number of hydrogen-bond acceptors (Lipinski definition) is 4. The van der Waals surface area contributed by atoms with E-state index in [1.807, 2.05) is 0 Å². The standard InChI is InChI=1S/C21H23F4N3O3/c1-4-18(30-5-2)16-8-14(21(23,24)25)10-28-17(9-26-19(16)28)20(29)27-7-6-15(11-27)31-12-13(3)22/h4-5,8-10,13,15H,2,6-7,11-12H2,1,3H3/b18-4-/t13?,15-/m1/s1. The maximum Gasteiger partial charge on any atom is 0.417 e. The SMILES string of the molecule is C=CO/C(=C\C)c1cc(C(F)(F)F)cn2c(C(=O)N3CC[C@@H](OCC(C)F)C3)cnc12. The molecule has 0 saturated carbocycles. The number of imidazole rings is 1. The molecule has 6 nitrogen and oxygen atoms in total. The largest absolute Gasteiger partial charge is 0.465 e. The van der Waals surface area contributed by atoms with Crippen LogP contribution in [0.5, 0.6) is 0 Å². The number of amides is 1. The summed E-state index contributed by atoms with van der Waals surface area (Å²) in [5, 5.41) is 0. The smallest absolute Gasteiger partial charge is 0.417 e. The third-order valence-electron chi connectivity index (χ3n) is 4.88. The van der Waals surface area contributed by atoms with Crippen LogP contribution < -0.4 is 0 Å². The zero-order chi connectivity index (χ0) is 22.8. The van der Waals surface area contributed by atoms with Crippen molar-refractivity contribution in [3.63, 3.8) is 0 Å². The first-order valence-corrected chi connectivity index (χ1v) is 9.73. The van der Waals surface area contributed by atoms with Crippen LogP contribution in [0.4, 0.5) is 17.6 Å². The van der Waals surface area contributed by atoms with E-state index in [4.69, 9.17) is 9.47 Å². The molecule has 2 atom stereocenters. The number of carbonyl (C=O) groups is 1. The monoisotopic (exact) mass is 441 g/mol. The molecule has 1 fully saturated rings. The van der Waals surface area contributed by atoms with Crippen LogP contribution in [0.2, 0.25) is 0 Å². The average Bonchev–Trinajstić information content (AvgIpc) is 3.35. The Morgan fingerprint density at radius 3 is 2.81 bits per heavy atom. The fourth-order valence-electron chi connectivity index (χ4n) is 3.44. The summed E-state index contributed by atoms with van der Waals surface area (Å²) in [5.74, 6) is -0.352. The van der Waals surface area contributed by atoms with Crippen molar-refractivity contribution in [1.29, 1.82) is 0 Å². The van der Waals surface area contributed by atoms with Crippen molar-refractivity contribution in [2.75, 3.05) is 19.7 Å². The molecule has 1 saturated heterocycles. The molecule has 2 aromatic heterocycles. The fraction of sp³-hybridized carbons (Fsp3) is 0.429. The lowest BCUT2D eigenvalue weighted by molar-refractivity contribution is -0.137. The van der Waals surface area contributed by atoms with Crippen LogP contribution in [0, 0.1) is 0 Å². The van der Waals surface area contributed by atoms with Crippen molar-refractivity contribution >= 4 is 17.3 Å². The summed E-state index contributed by atoms with van der Waals surface area (Å²) in [6, 6.07) is 0.924. The van der Waals surface area contributed by atoms with E-state index in [0.29, 0.717) is 13.0 Å². The molecule has 10 heteroatoms. The molecule has 168 valence electrons. The van der Waals surface area contributed by atoms with Crippen molar-refractivity contribution in [3.8, 4) is 0 Å². The molecule has 1 aliphatic rings. The molecule has 0 aromatic carbocycles. The third kappa shape index (κ3) is 4.90. The minimum Gasteiger partial charge on any atom is -0.465 e. The van der Waals surface area contributed by atoms with Crippen LogP contribution in [-0.4, -0.2) is 52.2 Å². The normalized spacial score (nSPS) is 18.5. The van der Waals surface area contributed by atoms with E-state index in [1.54, 1.807) is 6.92 Å². The number of ether oxygens (including phenoxy) is 2. The molecule has 0 bridgehead atoms. The topological polar surface area (TPSA) is 56.1 Å². The molecule has 0 spiro atoms. The molecule has 1 aliphatic heterocycles. The van der Waals surface area contributed by atoms with E-state index in [0.717, 1.165) is 22.9 Å². The van der Waals surface area contributed by atoms with Crippen molar-refractivity contribution in [2.45, 2.75) is 38.7 Å². The summed E-state index contributed by atoms with van der Waals surface area (Å²) in [7, 11) is 0. The Labute approximate surface area is 176 Å². The van der Waals surface area contributed by atoms with Gasteiger partial charge in [0.15, 0.2) is 0 Å². The Balaban J connectivity index is 1.98. The summed E-state index contributed by atoms with van der Waals surface area (Å²) >= 11 is 0. The summed E-state index contributed by atoms with van der Waals surface area (Å²) < 4.78 is 65.4. The predicted molar refractivity (Wildman–Crippen MR) is 106 cm³/mol. The lowest BCUT2D eigenvalue weighted by atomic mass is 10.1. The molecular weight excluding hydrogens is 418 g/mol. The second-order valence-electron chi connectivity index (χ2n) is 7.19. The summed E-state index contributed by atoms with van der Waals surface area (Å²) in [5.41, 5.74) is -0.745. The van der Waals surface area contributed by atoms with E-state index < -0.39 is 23.8 Å². The predicted octanol–water partition coefficient (Wildman–Crippen LogP) is 4.46. The molecule has 2 aromatic rings. The van der Waals surface area contributed by atoms with Gasteiger partial charge in [-0.1, -0.05) is 6.58 Å². The second kappa shape index (κ2) is 9.09. The molecule has 0 radical (unpaired) electrons. The van der Waals surface area contributed by atoms with Gasteiger partial charge in [-0.25, -0.2) is 9.37 Å². The first kappa shape index (κ1) is 22.8. The van der Waals surface area contributed by atoms with Crippen LogP contribution in [0.3, 0.4) is 0 Å². The summed E-state index contributed by atoms with van der Waals surface area (Å²) in [6.45, 7) is 6.92. The van der Waals surface area contributed by atoms with Gasteiger partial charge in [0.1, 0.15) is 23.3 Å². The van der Waals surface area contributed by atoms with Crippen LogP contribution in [-0.2, 0) is 15.7 Å². The van der Waals surface area contributed by atoms with Crippen LogP contribution in [0.25, 0.3) is 11.4 Å². The number of aromatic nitrogens is 2. The van der Waals surface area contributed by atoms with Crippen molar-refractivity contribution < 1.29 is 31.8 Å². The highest BCUT2D eigenvalue weighted by atomic mass is 19.4. The van der Waals surface area contributed by atoms with Gasteiger partial charge in [-0.3, -0.25) is 9.20 Å². The number of likely N-dealkylation sites (tertiary alicyclic amines) is 1. The third-order valence-corrected chi connectivity index (χ3v) is 4.88. The van der Waals surface area contributed by atoms with Crippen LogP contribution >= 0.6 is 0 Å². The molecule has 0 N–H and O–H groups in total. The molecule has 31 heavy (non-hydrogen) atoms. The zero-order valence-electron chi connectivity index (χ0n) is 17.2. The van der Waals surface area contributed by atoms with E-state index in [2.05, 4.69) is 11.6 Å². The molecule has 0 aliphatic carbocycles. The van der Waals surface area contributed by atoms with E-state index >= 15 is 0 Å². The summed E-state index contributed by atoms with van der Waals surface area (Å²) in [6.07, 6.45) is -0.902. The number of hydrogen-bond donors (Lipinski definition) is 0. The van der Waals surface area contributed by atoms with E-state index in [9.17, 15) is 22.4 Å². The molecular formula is C21H23F4N3O3. The van der Waals surface area contributed by atoms with Crippen molar-refractivity contribution in [2.24, 2.45) is 0 Å². The van der Waals surface area contributed by atoms with E-state index in [-0.39, 0.29) is 41.9 Å². The highest BCUT2D eigenvalue weighted by molar-refractivity contribution is 5.94. The summed E-state index contributed by atoms with van der Waals surface area (Å²) in [4.78, 5) is 18.7. The number of fused-ring (bicyclic) bond motifs is 1. The second-order valence-corrected chi connectivity index (χ2v) is 7.19. The average molecular weight is 441 g/mol. The number of rotatable bonds is 7. The Morgan fingerprint density at radius 1 is 1.45 bits per heavy atom. The molecule has 3 rings (SSSR count). The van der Waals surface area contributed by atoms with Crippen molar-refractivity contribution in [1.82, 2.24) is 14.3 Å². The fourth-order valence-corrected chi connectivity index (χ4v) is 3.44. The van der Waals surface area contributed by atoms with E-state index in [1.165, 1.54) is 24.1 Å². The van der Waals surface area contributed by atoms with Gasteiger partial charge in [-0.15, -0.1) is 0 Å². The number of carbonyl (C=O) groups excluding carboxylic acids is 1. The first-order chi connectivity index (χ1) is 14.7. The van der Waals surface area contributed by atoms with Gasteiger partial charge in [0.05, 0.1) is 36.3 Å². The zero-order valence-corrected chi connectivity index (χ0v) is 17.2. The van der Waals surface area contributed by atoms with Crippen molar-refractivity contribution in [3.05, 3.63) is 54.2 Å². The number of nitrogens with zero attached hydrogens (tertiary/aromatic N) is 3. The van der Waals surface area contributed by atoms with Gasteiger partial charge in [0, 0.05) is 19.3 Å². The molecule has 3 heterocycles. The lowest BCUT2D eigenvalue weighted by Gasteiger charge is -2.18. The molecule has 1 unspecified atom stereocenters. The quantitative estimate of drug-likeness (QED) is 0.470. The number of pyridine rings is 1. The maximum atomic E-state index is 13.5. The van der Waals surface area contributed by atoms with Gasteiger partial charge >= 0.3 is 6.18 Å². The minimum atomic E-state index is -4.64. The minimum absolute atomic E-state index is 0.0177. The Morgan fingerprint density at radius 2 is 2.19 bits per heavy atom. The lowest BCUT2D eigenvalue weighted by Crippen LogP contribution is -2.31. The first-order valence-electron chi connectivity index (χ1n) is 9.73. The van der Waals surface area contributed by atoms with Crippen LogP contribution in [0.1, 0.15) is 41.9 Å². The Kier molecular flexibility index (Phi) is 6.68. The van der Waals surface area contributed by atoms with Gasteiger partial charge in [-0.2, -0.15) is 13.2 Å². The Bertz CT molecular complexity index is 998. The van der Waals surface area contributed by atoms with Gasteiger partial charge in [-0.05, 0) is 32.4 Å². The highest BCUT2D eigenvalue weighted by Crippen LogP contribution is 2.33. The van der Waals surface area contributed by atoms with Crippen LogP contribution in [0.15, 0.2) is 37.4 Å².